The molecule has 0 radical (unpaired) electrons. The van der Waals surface area contributed by atoms with Crippen LogP contribution < -0.4 is 10.6 Å². The summed E-state index contributed by atoms with van der Waals surface area (Å²) in [4.78, 5) is 11.7. The molecule has 1 rings (SSSR count). The monoisotopic (exact) mass is 224 g/mol. The molecule has 4 heteroatoms. The van der Waals surface area contributed by atoms with Crippen LogP contribution in [0.2, 0.25) is 0 Å². The Hall–Kier alpha value is -1.42. The van der Waals surface area contributed by atoms with E-state index >= 15 is 0 Å². The van der Waals surface area contributed by atoms with E-state index in [1.807, 2.05) is 14.0 Å². The average molecular weight is 224 g/mol. The van der Waals surface area contributed by atoms with Crippen LogP contribution in [0.15, 0.2) is 18.2 Å². The Morgan fingerprint density at radius 1 is 1.50 bits per heavy atom. The highest BCUT2D eigenvalue weighted by Gasteiger charge is 2.10. The molecule has 0 heterocycles. The average Bonchev–Trinajstić information content (AvgIpc) is 2.28. The molecule has 0 saturated heterocycles. The number of halogens is 1. The molecule has 0 saturated carbocycles. The van der Waals surface area contributed by atoms with Crippen molar-refractivity contribution in [3.8, 4) is 0 Å². The van der Waals surface area contributed by atoms with Crippen LogP contribution in [0.25, 0.3) is 0 Å². The Morgan fingerprint density at radius 3 is 2.81 bits per heavy atom. The van der Waals surface area contributed by atoms with Crippen molar-refractivity contribution in [2.45, 2.75) is 19.9 Å². The van der Waals surface area contributed by atoms with E-state index < -0.39 is 5.82 Å². The van der Waals surface area contributed by atoms with Gasteiger partial charge in [0.2, 0.25) is 0 Å². The summed E-state index contributed by atoms with van der Waals surface area (Å²) in [6, 6.07) is 4.40. The van der Waals surface area contributed by atoms with Gasteiger partial charge < -0.3 is 10.6 Å². The van der Waals surface area contributed by atoms with Crippen molar-refractivity contribution in [1.82, 2.24) is 10.6 Å². The van der Waals surface area contributed by atoms with E-state index in [9.17, 15) is 9.18 Å². The molecule has 1 aromatic rings. The first-order valence-corrected chi connectivity index (χ1v) is 5.26. The predicted molar refractivity (Wildman–Crippen MR) is 62.0 cm³/mol. The molecule has 0 aliphatic rings. The molecule has 0 fully saturated rings. The molecule has 1 amide bonds. The van der Waals surface area contributed by atoms with Crippen LogP contribution in [0, 0.1) is 12.7 Å². The predicted octanol–water partition coefficient (Wildman–Crippen LogP) is 1.47. The van der Waals surface area contributed by atoms with Crippen LogP contribution in [-0.2, 0) is 0 Å². The topological polar surface area (TPSA) is 41.1 Å². The van der Waals surface area contributed by atoms with Gasteiger partial charge in [-0.05, 0) is 38.6 Å². The number of carbonyl (C=O) groups is 1. The summed E-state index contributed by atoms with van der Waals surface area (Å²) in [5.41, 5.74) is 1.17. The van der Waals surface area contributed by atoms with Gasteiger partial charge in [-0.3, -0.25) is 4.79 Å². The first-order valence-electron chi connectivity index (χ1n) is 5.26. The van der Waals surface area contributed by atoms with Crippen molar-refractivity contribution in [2.75, 3.05) is 13.6 Å². The van der Waals surface area contributed by atoms with E-state index in [-0.39, 0.29) is 11.9 Å². The number of aryl methyl sites for hydroxylation is 1. The number of carbonyl (C=O) groups excluding carboxylic acids is 1. The van der Waals surface area contributed by atoms with Gasteiger partial charge in [-0.1, -0.05) is 6.07 Å². The molecule has 0 bridgehead atoms. The summed E-state index contributed by atoms with van der Waals surface area (Å²) in [6.07, 6.45) is 0. The largest absolute Gasteiger partial charge is 0.350 e. The molecule has 3 nitrogen and oxygen atoms in total. The Balaban J connectivity index is 2.69. The second kappa shape index (κ2) is 5.61. The number of hydrogen-bond acceptors (Lipinski definition) is 2. The lowest BCUT2D eigenvalue weighted by atomic mass is 10.1. The second-order valence-corrected chi connectivity index (χ2v) is 3.86. The van der Waals surface area contributed by atoms with E-state index in [4.69, 9.17) is 0 Å². The summed E-state index contributed by atoms with van der Waals surface area (Å²) >= 11 is 0. The highest BCUT2D eigenvalue weighted by atomic mass is 19.1. The lowest BCUT2D eigenvalue weighted by Gasteiger charge is -2.12. The summed E-state index contributed by atoms with van der Waals surface area (Å²) in [5, 5.41) is 5.76. The molecule has 16 heavy (non-hydrogen) atoms. The third-order valence-corrected chi connectivity index (χ3v) is 2.51. The molecular weight excluding hydrogens is 207 g/mol. The third-order valence-electron chi connectivity index (χ3n) is 2.51. The lowest BCUT2D eigenvalue weighted by Crippen LogP contribution is -2.37. The smallest absolute Gasteiger partial charge is 0.251 e. The highest BCUT2D eigenvalue weighted by Crippen LogP contribution is 2.09. The van der Waals surface area contributed by atoms with Crippen LogP contribution >= 0.6 is 0 Å². The normalized spacial score (nSPS) is 12.2. The quantitative estimate of drug-likeness (QED) is 0.813. The van der Waals surface area contributed by atoms with Crippen LogP contribution in [0.3, 0.4) is 0 Å². The minimum absolute atomic E-state index is 0.192. The van der Waals surface area contributed by atoms with Crippen LogP contribution in [0.5, 0.6) is 0 Å². The molecule has 2 N–H and O–H groups in total. The SMILES string of the molecule is CNC(C)CNC(=O)c1cc(F)ccc1C. The zero-order valence-corrected chi connectivity index (χ0v) is 9.80. The van der Waals surface area contributed by atoms with Gasteiger partial charge >= 0.3 is 0 Å². The summed E-state index contributed by atoms with van der Waals surface area (Å²) in [5.74, 6) is -0.628. The van der Waals surface area contributed by atoms with Crippen LogP contribution in [0.1, 0.15) is 22.8 Å². The fourth-order valence-corrected chi connectivity index (χ4v) is 1.28. The number of hydrogen-bond donors (Lipinski definition) is 2. The van der Waals surface area contributed by atoms with Crippen molar-refractivity contribution in [3.05, 3.63) is 35.1 Å². The van der Waals surface area contributed by atoms with Gasteiger partial charge in [0.1, 0.15) is 5.82 Å². The van der Waals surface area contributed by atoms with Gasteiger partial charge in [0.15, 0.2) is 0 Å². The van der Waals surface area contributed by atoms with Gasteiger partial charge in [0.05, 0.1) is 0 Å². The zero-order valence-electron chi connectivity index (χ0n) is 9.80. The lowest BCUT2D eigenvalue weighted by molar-refractivity contribution is 0.0949. The van der Waals surface area contributed by atoms with E-state index in [1.54, 1.807) is 13.0 Å². The fourth-order valence-electron chi connectivity index (χ4n) is 1.28. The Morgan fingerprint density at radius 2 is 2.19 bits per heavy atom. The molecular formula is C12H17FN2O. The van der Waals surface area contributed by atoms with Crippen molar-refractivity contribution < 1.29 is 9.18 Å². The fraction of sp³-hybridized carbons (Fsp3) is 0.417. The van der Waals surface area contributed by atoms with Gasteiger partial charge in [0, 0.05) is 18.2 Å². The number of nitrogens with one attached hydrogen (secondary N) is 2. The third kappa shape index (κ3) is 3.31. The standard InChI is InChI=1S/C12H17FN2O/c1-8-4-5-10(13)6-11(8)12(16)15-7-9(2)14-3/h4-6,9,14H,7H2,1-3H3,(H,15,16). The van der Waals surface area contributed by atoms with E-state index in [0.717, 1.165) is 5.56 Å². The number of amides is 1. The van der Waals surface area contributed by atoms with E-state index in [1.165, 1.54) is 12.1 Å². The Kier molecular flexibility index (Phi) is 4.43. The minimum Gasteiger partial charge on any atom is -0.350 e. The maximum atomic E-state index is 13.0. The Labute approximate surface area is 95.0 Å². The van der Waals surface area contributed by atoms with Crippen molar-refractivity contribution in [2.24, 2.45) is 0 Å². The van der Waals surface area contributed by atoms with E-state index in [0.29, 0.717) is 12.1 Å². The molecule has 0 aliphatic heterocycles. The summed E-state index contributed by atoms with van der Waals surface area (Å²) < 4.78 is 13.0. The van der Waals surface area contributed by atoms with Crippen LogP contribution in [0.4, 0.5) is 4.39 Å². The second-order valence-electron chi connectivity index (χ2n) is 3.86. The molecule has 0 aliphatic carbocycles. The number of likely N-dealkylation sites (N-methyl/N-ethyl adjacent to an activating group) is 1. The van der Waals surface area contributed by atoms with Crippen molar-refractivity contribution in [1.29, 1.82) is 0 Å². The summed E-state index contributed by atoms with van der Waals surface area (Å²) in [6.45, 7) is 4.26. The first-order chi connectivity index (χ1) is 7.54. The van der Waals surface area contributed by atoms with E-state index in [2.05, 4.69) is 10.6 Å². The zero-order chi connectivity index (χ0) is 12.1. The van der Waals surface area contributed by atoms with Crippen molar-refractivity contribution in [3.63, 3.8) is 0 Å². The van der Waals surface area contributed by atoms with Crippen LogP contribution in [-0.4, -0.2) is 25.5 Å². The molecule has 1 aromatic carbocycles. The molecule has 88 valence electrons. The minimum atomic E-state index is -0.391. The number of rotatable bonds is 4. The number of benzene rings is 1. The van der Waals surface area contributed by atoms with Gasteiger partial charge in [-0.15, -0.1) is 0 Å². The van der Waals surface area contributed by atoms with Gasteiger partial charge in [0.25, 0.3) is 5.91 Å². The maximum Gasteiger partial charge on any atom is 0.251 e. The molecule has 0 aromatic heterocycles. The summed E-state index contributed by atoms with van der Waals surface area (Å²) in [7, 11) is 1.82. The Bertz CT molecular complexity index is 379. The van der Waals surface area contributed by atoms with Crippen molar-refractivity contribution >= 4 is 5.91 Å². The van der Waals surface area contributed by atoms with Gasteiger partial charge in [-0.2, -0.15) is 0 Å². The molecule has 1 atom stereocenters. The van der Waals surface area contributed by atoms with Gasteiger partial charge in [-0.25, -0.2) is 4.39 Å². The molecule has 1 unspecified atom stereocenters. The first kappa shape index (κ1) is 12.6. The molecule has 0 spiro atoms. The highest BCUT2D eigenvalue weighted by molar-refractivity contribution is 5.95. The maximum absolute atomic E-state index is 13.0.